The minimum Gasteiger partial charge on any atom is -0.489 e. The number of nitrogens with two attached hydrogens (primary N) is 1. The summed E-state index contributed by atoms with van der Waals surface area (Å²) in [5.41, 5.74) is 6.27. The fourth-order valence-electron chi connectivity index (χ4n) is 1.47. The second-order valence-electron chi connectivity index (χ2n) is 3.65. The number of halogens is 1. The fourth-order valence-corrected chi connectivity index (χ4v) is 1.75. The van der Waals surface area contributed by atoms with Crippen LogP contribution in [0.2, 0.25) is 5.02 Å². The molecule has 0 spiro atoms. The van der Waals surface area contributed by atoms with Crippen molar-refractivity contribution in [2.75, 3.05) is 32.2 Å². The lowest BCUT2D eigenvalue weighted by Crippen LogP contribution is -2.12. The lowest BCUT2D eigenvalue weighted by molar-refractivity contribution is 0.0518. The number of carbonyl (C=O) groups is 1. The van der Waals surface area contributed by atoms with E-state index in [-0.39, 0.29) is 22.9 Å². The van der Waals surface area contributed by atoms with Gasteiger partial charge < -0.3 is 19.9 Å². The molecule has 0 amide bonds. The van der Waals surface area contributed by atoms with E-state index >= 15 is 0 Å². The first kappa shape index (κ1) is 15.6. The van der Waals surface area contributed by atoms with Crippen molar-refractivity contribution in [3.05, 3.63) is 22.7 Å². The van der Waals surface area contributed by atoms with Crippen molar-refractivity contribution in [1.29, 1.82) is 0 Å². The molecule has 1 aromatic rings. The quantitative estimate of drug-likeness (QED) is 0.474. The highest BCUT2D eigenvalue weighted by molar-refractivity contribution is 6.33. The zero-order valence-electron chi connectivity index (χ0n) is 11.1. The molecule has 0 radical (unpaired) electrons. The van der Waals surface area contributed by atoms with E-state index < -0.39 is 5.97 Å². The van der Waals surface area contributed by atoms with E-state index in [1.165, 1.54) is 12.1 Å². The van der Waals surface area contributed by atoms with Crippen LogP contribution in [-0.2, 0) is 9.47 Å². The van der Waals surface area contributed by atoms with Crippen LogP contribution in [0.25, 0.3) is 0 Å². The summed E-state index contributed by atoms with van der Waals surface area (Å²) in [5, 5.41) is 0.277. The van der Waals surface area contributed by atoms with Gasteiger partial charge in [0.05, 0.1) is 18.2 Å². The Morgan fingerprint density at radius 3 is 2.63 bits per heavy atom. The van der Waals surface area contributed by atoms with Gasteiger partial charge >= 0.3 is 5.97 Å². The number of anilines is 1. The molecular weight excluding hydrogens is 270 g/mol. The van der Waals surface area contributed by atoms with Crippen LogP contribution in [0.4, 0.5) is 5.69 Å². The fraction of sp³-hybridized carbons (Fsp3) is 0.462. The lowest BCUT2D eigenvalue weighted by atomic mass is 10.2. The van der Waals surface area contributed by atoms with Crippen molar-refractivity contribution in [3.63, 3.8) is 0 Å². The topological polar surface area (TPSA) is 70.8 Å². The number of hydrogen-bond acceptors (Lipinski definition) is 5. The Morgan fingerprint density at radius 1 is 1.26 bits per heavy atom. The highest BCUT2D eigenvalue weighted by atomic mass is 35.5. The summed E-state index contributed by atoms with van der Waals surface area (Å²) in [4.78, 5) is 11.8. The summed E-state index contributed by atoms with van der Waals surface area (Å²) in [7, 11) is 0. The Morgan fingerprint density at radius 2 is 2.00 bits per heavy atom. The van der Waals surface area contributed by atoms with Gasteiger partial charge in [0, 0.05) is 12.3 Å². The van der Waals surface area contributed by atoms with Crippen molar-refractivity contribution in [1.82, 2.24) is 0 Å². The van der Waals surface area contributed by atoms with E-state index in [9.17, 15) is 4.79 Å². The predicted molar refractivity (Wildman–Crippen MR) is 73.8 cm³/mol. The number of rotatable bonds is 7. The van der Waals surface area contributed by atoms with E-state index in [0.717, 1.165) is 0 Å². The molecule has 0 bridgehead atoms. The Bertz CT molecular complexity index is 437. The van der Waals surface area contributed by atoms with Crippen LogP contribution in [0.3, 0.4) is 0 Å². The average molecular weight is 288 g/mol. The number of ether oxygens (including phenoxy) is 3. The number of nitrogen functional groups attached to an aromatic ring is 1. The standard InChI is InChI=1S/C13H18ClNO4/c1-3-17-5-6-19-12-10(13(16)18-4-2)7-9(15)8-11(12)14/h7-8H,3-6,15H2,1-2H3. The van der Waals surface area contributed by atoms with Gasteiger partial charge in [0.1, 0.15) is 12.2 Å². The van der Waals surface area contributed by atoms with Gasteiger partial charge in [-0.2, -0.15) is 0 Å². The van der Waals surface area contributed by atoms with Gasteiger partial charge in [0.25, 0.3) is 0 Å². The summed E-state index contributed by atoms with van der Waals surface area (Å²) in [6.45, 7) is 5.19. The summed E-state index contributed by atoms with van der Waals surface area (Å²) in [6, 6.07) is 3.01. The van der Waals surface area contributed by atoms with Crippen LogP contribution in [0.5, 0.6) is 5.75 Å². The van der Waals surface area contributed by atoms with Crippen LogP contribution >= 0.6 is 11.6 Å². The van der Waals surface area contributed by atoms with Crippen molar-refractivity contribution < 1.29 is 19.0 Å². The molecule has 0 aliphatic rings. The van der Waals surface area contributed by atoms with Crippen LogP contribution in [0.15, 0.2) is 12.1 Å². The molecule has 5 nitrogen and oxygen atoms in total. The molecule has 2 N–H and O–H groups in total. The molecule has 0 atom stereocenters. The SMILES string of the molecule is CCOCCOc1c(Cl)cc(N)cc1C(=O)OCC. The first-order valence-electron chi connectivity index (χ1n) is 6.06. The summed E-state index contributed by atoms with van der Waals surface area (Å²) >= 11 is 6.04. The van der Waals surface area contributed by atoms with E-state index in [1.54, 1.807) is 6.92 Å². The largest absolute Gasteiger partial charge is 0.489 e. The molecule has 0 saturated carbocycles. The van der Waals surface area contributed by atoms with Gasteiger partial charge in [-0.05, 0) is 26.0 Å². The zero-order valence-corrected chi connectivity index (χ0v) is 11.8. The normalized spacial score (nSPS) is 10.3. The second-order valence-corrected chi connectivity index (χ2v) is 4.05. The number of hydrogen-bond donors (Lipinski definition) is 1. The first-order valence-corrected chi connectivity index (χ1v) is 6.44. The number of carbonyl (C=O) groups excluding carboxylic acids is 1. The molecule has 6 heteroatoms. The average Bonchev–Trinajstić information content (AvgIpc) is 2.36. The molecule has 0 fully saturated rings. The second kappa shape index (κ2) is 7.86. The Labute approximate surface area is 117 Å². The molecule has 0 saturated heterocycles. The van der Waals surface area contributed by atoms with Crippen LogP contribution in [0, 0.1) is 0 Å². The maximum atomic E-state index is 11.8. The van der Waals surface area contributed by atoms with Gasteiger partial charge in [-0.25, -0.2) is 4.79 Å². The van der Waals surface area contributed by atoms with Crippen LogP contribution in [0.1, 0.15) is 24.2 Å². The molecule has 1 rings (SSSR count). The molecule has 0 aliphatic heterocycles. The van der Waals surface area contributed by atoms with E-state index in [0.29, 0.717) is 25.5 Å². The summed E-state index contributed by atoms with van der Waals surface area (Å²) in [5.74, 6) is -0.239. The van der Waals surface area contributed by atoms with E-state index in [4.69, 9.17) is 31.5 Å². The van der Waals surface area contributed by atoms with Gasteiger partial charge in [-0.15, -0.1) is 0 Å². The van der Waals surface area contributed by atoms with Gasteiger partial charge in [-0.1, -0.05) is 11.6 Å². The van der Waals surface area contributed by atoms with Gasteiger partial charge in [-0.3, -0.25) is 0 Å². The molecule has 0 aliphatic carbocycles. The molecule has 0 heterocycles. The van der Waals surface area contributed by atoms with Crippen molar-refractivity contribution in [2.45, 2.75) is 13.8 Å². The minimum atomic E-state index is -0.511. The third-order valence-electron chi connectivity index (χ3n) is 2.24. The van der Waals surface area contributed by atoms with E-state index in [2.05, 4.69) is 0 Å². The monoisotopic (exact) mass is 287 g/mol. The van der Waals surface area contributed by atoms with Gasteiger partial charge in [0.2, 0.25) is 0 Å². The zero-order chi connectivity index (χ0) is 14.3. The maximum absolute atomic E-state index is 11.8. The van der Waals surface area contributed by atoms with Crippen LogP contribution in [-0.4, -0.2) is 32.4 Å². The van der Waals surface area contributed by atoms with Crippen molar-refractivity contribution >= 4 is 23.3 Å². The Hall–Kier alpha value is -1.46. The Kier molecular flexibility index (Phi) is 6.45. The number of esters is 1. The first-order chi connectivity index (χ1) is 9.10. The molecule has 19 heavy (non-hydrogen) atoms. The minimum absolute atomic E-state index is 0.225. The molecule has 0 aromatic heterocycles. The third-order valence-corrected chi connectivity index (χ3v) is 2.52. The highest BCUT2D eigenvalue weighted by Crippen LogP contribution is 2.32. The lowest BCUT2D eigenvalue weighted by Gasteiger charge is -2.13. The maximum Gasteiger partial charge on any atom is 0.342 e. The molecule has 1 aromatic carbocycles. The molecule has 0 unspecified atom stereocenters. The number of benzene rings is 1. The smallest absolute Gasteiger partial charge is 0.342 e. The van der Waals surface area contributed by atoms with Crippen molar-refractivity contribution in [3.8, 4) is 5.75 Å². The molecular formula is C13H18ClNO4. The summed E-state index contributed by atoms with van der Waals surface area (Å²) < 4.78 is 15.6. The molecule has 106 valence electrons. The van der Waals surface area contributed by atoms with Gasteiger partial charge in [0.15, 0.2) is 5.75 Å². The van der Waals surface area contributed by atoms with Crippen molar-refractivity contribution in [2.24, 2.45) is 0 Å². The Balaban J connectivity index is 2.90. The predicted octanol–water partition coefficient (Wildman–Crippen LogP) is 2.51. The summed E-state index contributed by atoms with van der Waals surface area (Å²) in [6.07, 6.45) is 0. The van der Waals surface area contributed by atoms with Crippen LogP contribution < -0.4 is 10.5 Å². The van der Waals surface area contributed by atoms with E-state index in [1.807, 2.05) is 6.92 Å². The third kappa shape index (κ3) is 4.61. The highest BCUT2D eigenvalue weighted by Gasteiger charge is 2.18.